The molecule has 7 unspecified atom stereocenters. The van der Waals surface area contributed by atoms with Gasteiger partial charge in [0.1, 0.15) is 11.9 Å². The standard InChI is InChI=1S/C33H54O3/c1-5-6-7-8-9-10-11-12-13-14-31(35)36-26-19-21-32(3)25(23-26)15-16-27-29-18-17-28(24(2)34)33(29,4)22-20-30(27)32/h15,26-30H,5-14,16-23H2,1-4H3. The predicted octanol–water partition coefficient (Wildman–Crippen LogP) is 8.99. The SMILES string of the molecule is CCCCCCCCCCCC(=O)OC1CCC2(C)C(=CCC3C2CCC2(C)C(C(C)=O)CCC32)C1. The van der Waals surface area contributed by atoms with Crippen molar-refractivity contribution >= 4 is 11.8 Å². The average molecular weight is 499 g/mol. The molecule has 3 saturated carbocycles. The Bertz CT molecular complexity index is 799. The second-order valence-corrected chi connectivity index (χ2v) is 13.5. The number of ketones is 1. The number of hydrogen-bond acceptors (Lipinski definition) is 3. The van der Waals surface area contributed by atoms with Crippen molar-refractivity contribution in [1.29, 1.82) is 0 Å². The zero-order valence-corrected chi connectivity index (χ0v) is 23.9. The van der Waals surface area contributed by atoms with Crippen LogP contribution < -0.4 is 0 Å². The van der Waals surface area contributed by atoms with E-state index < -0.39 is 0 Å². The van der Waals surface area contributed by atoms with Crippen LogP contribution in [0.15, 0.2) is 11.6 Å². The molecule has 36 heavy (non-hydrogen) atoms. The largest absolute Gasteiger partial charge is 0.462 e. The van der Waals surface area contributed by atoms with E-state index in [0.29, 0.717) is 18.1 Å². The van der Waals surface area contributed by atoms with Crippen LogP contribution in [0.25, 0.3) is 0 Å². The van der Waals surface area contributed by atoms with Crippen LogP contribution in [-0.4, -0.2) is 17.9 Å². The van der Waals surface area contributed by atoms with Gasteiger partial charge < -0.3 is 4.74 Å². The summed E-state index contributed by atoms with van der Waals surface area (Å²) in [5.74, 6) is 2.89. The molecule has 0 radical (unpaired) electrons. The summed E-state index contributed by atoms with van der Waals surface area (Å²) in [5, 5.41) is 0. The predicted molar refractivity (Wildman–Crippen MR) is 148 cm³/mol. The Hall–Kier alpha value is -1.12. The van der Waals surface area contributed by atoms with Gasteiger partial charge in [-0.05, 0) is 86.9 Å². The quantitative estimate of drug-likeness (QED) is 0.153. The summed E-state index contributed by atoms with van der Waals surface area (Å²) < 4.78 is 6.00. The Kier molecular flexibility index (Phi) is 9.43. The fourth-order valence-corrected chi connectivity index (χ4v) is 9.22. The lowest BCUT2D eigenvalue weighted by molar-refractivity contribution is -0.151. The number of Topliss-reactive ketones (excluding diaryl/α,β-unsaturated/α-hetero) is 1. The number of carbonyl (C=O) groups excluding carboxylic acids is 2. The van der Waals surface area contributed by atoms with Crippen molar-refractivity contribution in [2.75, 3.05) is 0 Å². The van der Waals surface area contributed by atoms with E-state index in [1.165, 1.54) is 70.6 Å². The summed E-state index contributed by atoms with van der Waals surface area (Å²) in [5.41, 5.74) is 2.05. The van der Waals surface area contributed by atoms with Crippen molar-refractivity contribution in [3.8, 4) is 0 Å². The number of hydrogen-bond donors (Lipinski definition) is 0. The first kappa shape index (κ1) is 27.9. The van der Waals surface area contributed by atoms with E-state index >= 15 is 0 Å². The van der Waals surface area contributed by atoms with Crippen LogP contribution in [0.2, 0.25) is 0 Å². The third-order valence-corrected chi connectivity index (χ3v) is 11.3. The molecule has 0 aromatic carbocycles. The van der Waals surface area contributed by atoms with Crippen molar-refractivity contribution in [1.82, 2.24) is 0 Å². The van der Waals surface area contributed by atoms with E-state index in [9.17, 15) is 9.59 Å². The first-order chi connectivity index (χ1) is 17.3. The Labute approximate surface area is 221 Å². The molecular formula is C33H54O3. The summed E-state index contributed by atoms with van der Waals surface area (Å²) in [7, 11) is 0. The molecular weight excluding hydrogens is 444 g/mol. The Morgan fingerprint density at radius 2 is 1.58 bits per heavy atom. The highest BCUT2D eigenvalue weighted by atomic mass is 16.5. The van der Waals surface area contributed by atoms with Crippen LogP contribution in [0.5, 0.6) is 0 Å². The Morgan fingerprint density at radius 1 is 0.889 bits per heavy atom. The first-order valence-electron chi connectivity index (χ1n) is 15.7. The zero-order chi connectivity index (χ0) is 25.8. The second-order valence-electron chi connectivity index (χ2n) is 13.5. The van der Waals surface area contributed by atoms with E-state index in [4.69, 9.17) is 4.74 Å². The number of allylic oxidation sites excluding steroid dienone is 1. The molecule has 3 nitrogen and oxygen atoms in total. The van der Waals surface area contributed by atoms with Gasteiger partial charge >= 0.3 is 5.97 Å². The second kappa shape index (κ2) is 12.2. The van der Waals surface area contributed by atoms with E-state index in [2.05, 4.69) is 26.8 Å². The highest BCUT2D eigenvalue weighted by molar-refractivity contribution is 5.79. The molecule has 0 heterocycles. The molecule has 7 atom stereocenters. The average Bonchev–Trinajstić information content (AvgIpc) is 3.21. The maximum absolute atomic E-state index is 12.6. The summed E-state index contributed by atoms with van der Waals surface area (Å²) in [6.45, 7) is 9.02. The molecule has 0 bridgehead atoms. The van der Waals surface area contributed by atoms with Gasteiger partial charge in [-0.2, -0.15) is 0 Å². The highest BCUT2D eigenvalue weighted by Crippen LogP contribution is 2.66. The molecule has 0 aliphatic heterocycles. The zero-order valence-electron chi connectivity index (χ0n) is 23.9. The number of rotatable bonds is 12. The number of unbranched alkanes of at least 4 members (excludes halogenated alkanes) is 8. The topological polar surface area (TPSA) is 43.4 Å². The third-order valence-electron chi connectivity index (χ3n) is 11.3. The molecule has 0 N–H and O–H groups in total. The van der Waals surface area contributed by atoms with Gasteiger partial charge in [0, 0.05) is 18.8 Å². The van der Waals surface area contributed by atoms with Gasteiger partial charge in [-0.3, -0.25) is 9.59 Å². The lowest BCUT2D eigenvalue weighted by Crippen LogP contribution is -2.51. The number of fused-ring (bicyclic) bond motifs is 5. The lowest BCUT2D eigenvalue weighted by Gasteiger charge is -2.58. The molecule has 0 amide bonds. The van der Waals surface area contributed by atoms with Crippen LogP contribution >= 0.6 is 0 Å². The molecule has 3 fully saturated rings. The fourth-order valence-electron chi connectivity index (χ4n) is 9.22. The molecule has 4 aliphatic carbocycles. The van der Waals surface area contributed by atoms with Gasteiger partial charge in [0.2, 0.25) is 0 Å². The van der Waals surface area contributed by atoms with E-state index in [-0.39, 0.29) is 28.8 Å². The van der Waals surface area contributed by atoms with Crippen LogP contribution in [0.4, 0.5) is 0 Å². The summed E-state index contributed by atoms with van der Waals surface area (Å²) >= 11 is 0. The van der Waals surface area contributed by atoms with E-state index in [1.54, 1.807) is 5.57 Å². The first-order valence-corrected chi connectivity index (χ1v) is 15.7. The molecule has 0 saturated heterocycles. The van der Waals surface area contributed by atoms with Crippen LogP contribution in [0.3, 0.4) is 0 Å². The van der Waals surface area contributed by atoms with Crippen molar-refractivity contribution in [3.05, 3.63) is 11.6 Å². The third kappa shape index (κ3) is 5.80. The van der Waals surface area contributed by atoms with Gasteiger partial charge in [0.15, 0.2) is 0 Å². The van der Waals surface area contributed by atoms with Crippen molar-refractivity contribution < 1.29 is 14.3 Å². The molecule has 3 heteroatoms. The number of ether oxygens (including phenoxy) is 1. The monoisotopic (exact) mass is 498 g/mol. The van der Waals surface area contributed by atoms with Crippen LogP contribution in [-0.2, 0) is 14.3 Å². The minimum Gasteiger partial charge on any atom is -0.462 e. The van der Waals surface area contributed by atoms with Gasteiger partial charge in [-0.15, -0.1) is 0 Å². The summed E-state index contributed by atoms with van der Waals surface area (Å²) in [4.78, 5) is 24.9. The summed E-state index contributed by atoms with van der Waals surface area (Å²) in [6, 6.07) is 0. The van der Waals surface area contributed by atoms with Gasteiger partial charge in [-0.25, -0.2) is 0 Å². The van der Waals surface area contributed by atoms with Crippen molar-refractivity contribution in [2.45, 2.75) is 149 Å². The Morgan fingerprint density at radius 3 is 2.28 bits per heavy atom. The van der Waals surface area contributed by atoms with E-state index in [0.717, 1.165) is 50.4 Å². The van der Waals surface area contributed by atoms with Gasteiger partial charge in [0.25, 0.3) is 0 Å². The van der Waals surface area contributed by atoms with Crippen molar-refractivity contribution in [3.63, 3.8) is 0 Å². The molecule has 4 rings (SSSR count). The molecule has 0 aromatic heterocycles. The minimum atomic E-state index is 0.0236. The lowest BCUT2D eigenvalue weighted by atomic mass is 9.47. The van der Waals surface area contributed by atoms with E-state index in [1.807, 2.05) is 6.92 Å². The van der Waals surface area contributed by atoms with Gasteiger partial charge in [0.05, 0.1) is 0 Å². The maximum atomic E-state index is 12.6. The Balaban J connectivity index is 1.23. The number of esters is 1. The molecule has 204 valence electrons. The minimum absolute atomic E-state index is 0.0236. The maximum Gasteiger partial charge on any atom is 0.306 e. The normalized spacial score (nSPS) is 37.4. The number of carbonyl (C=O) groups is 2. The summed E-state index contributed by atoms with van der Waals surface area (Å²) in [6.07, 6.45) is 23.8. The molecule has 0 spiro atoms. The highest BCUT2D eigenvalue weighted by Gasteiger charge is 2.59. The smallest absolute Gasteiger partial charge is 0.306 e. The fraction of sp³-hybridized carbons (Fsp3) is 0.879. The molecule has 4 aliphatic rings. The molecule has 0 aromatic rings. The van der Waals surface area contributed by atoms with Crippen LogP contribution in [0, 0.1) is 34.5 Å². The van der Waals surface area contributed by atoms with Gasteiger partial charge in [-0.1, -0.05) is 83.8 Å². The van der Waals surface area contributed by atoms with Crippen molar-refractivity contribution in [2.24, 2.45) is 34.5 Å². The van der Waals surface area contributed by atoms with Crippen LogP contribution in [0.1, 0.15) is 143 Å².